The molecule has 1 aliphatic carbocycles. The van der Waals surface area contributed by atoms with Crippen molar-refractivity contribution >= 4 is 17.5 Å². The van der Waals surface area contributed by atoms with Crippen molar-refractivity contribution in [3.05, 3.63) is 29.3 Å². The Morgan fingerprint density at radius 3 is 2.57 bits per heavy atom. The van der Waals surface area contributed by atoms with E-state index in [0.717, 1.165) is 42.7 Å². The molecule has 1 heterocycles. The highest BCUT2D eigenvalue weighted by Gasteiger charge is 2.49. The number of rotatable bonds is 3. The molecule has 1 saturated heterocycles. The maximum atomic E-state index is 12.3. The fourth-order valence-corrected chi connectivity index (χ4v) is 3.04. The van der Waals surface area contributed by atoms with E-state index in [-0.39, 0.29) is 23.7 Å². The summed E-state index contributed by atoms with van der Waals surface area (Å²) < 4.78 is 0. The lowest BCUT2D eigenvalue weighted by Crippen LogP contribution is -2.30. The quantitative estimate of drug-likeness (QED) is 0.928. The fourth-order valence-electron chi connectivity index (χ4n) is 3.04. The Labute approximate surface area is 125 Å². The Hall–Kier alpha value is -1.84. The molecule has 2 aliphatic rings. The van der Waals surface area contributed by atoms with Gasteiger partial charge in [-0.15, -0.1) is 0 Å². The van der Waals surface area contributed by atoms with E-state index < -0.39 is 0 Å². The number of aryl methyl sites for hydroxylation is 1. The van der Waals surface area contributed by atoms with Crippen LogP contribution < -0.4 is 5.32 Å². The summed E-state index contributed by atoms with van der Waals surface area (Å²) in [4.78, 5) is 26.4. The highest BCUT2D eigenvalue weighted by Crippen LogP contribution is 2.41. The van der Waals surface area contributed by atoms with Gasteiger partial charge in [-0.3, -0.25) is 9.59 Å². The summed E-state index contributed by atoms with van der Waals surface area (Å²) >= 11 is 0. The van der Waals surface area contributed by atoms with E-state index in [2.05, 4.69) is 5.32 Å². The van der Waals surface area contributed by atoms with Crippen LogP contribution in [0.15, 0.2) is 18.2 Å². The molecule has 4 heteroatoms. The normalized spacial score (nSPS) is 24.0. The van der Waals surface area contributed by atoms with Crippen LogP contribution in [0.25, 0.3) is 0 Å². The van der Waals surface area contributed by atoms with Crippen molar-refractivity contribution in [1.29, 1.82) is 0 Å². The van der Waals surface area contributed by atoms with Crippen LogP contribution in [0.5, 0.6) is 0 Å². The van der Waals surface area contributed by atoms with E-state index in [1.807, 2.05) is 36.9 Å². The molecule has 1 N–H and O–H groups in total. The highest BCUT2D eigenvalue weighted by molar-refractivity contribution is 6.00. The first-order valence-corrected chi connectivity index (χ1v) is 7.74. The third-order valence-electron chi connectivity index (χ3n) is 4.72. The Balaban J connectivity index is 1.60. The second-order valence-electron chi connectivity index (χ2n) is 6.22. The molecule has 4 nitrogen and oxygen atoms in total. The zero-order chi connectivity index (χ0) is 15.0. The van der Waals surface area contributed by atoms with Crippen LogP contribution in [0.3, 0.4) is 0 Å². The standard InChI is InChI=1S/C17H22N2O2/c1-11-6-5-7-15(12(11)2)18-16(20)13-10-14(13)17(21)19-8-3-4-9-19/h5-7,13-14H,3-4,8-10H2,1-2H3,(H,18,20). The molecule has 1 aromatic carbocycles. The number of anilines is 1. The first-order valence-electron chi connectivity index (χ1n) is 7.74. The number of hydrogen-bond acceptors (Lipinski definition) is 2. The predicted molar refractivity (Wildman–Crippen MR) is 82.0 cm³/mol. The lowest BCUT2D eigenvalue weighted by atomic mass is 10.1. The molecule has 2 amide bonds. The van der Waals surface area contributed by atoms with Crippen LogP contribution in [0.4, 0.5) is 5.69 Å². The monoisotopic (exact) mass is 286 g/mol. The van der Waals surface area contributed by atoms with Crippen molar-refractivity contribution < 1.29 is 9.59 Å². The van der Waals surface area contributed by atoms with Gasteiger partial charge in [-0.05, 0) is 50.3 Å². The van der Waals surface area contributed by atoms with Gasteiger partial charge in [0.15, 0.2) is 0 Å². The predicted octanol–water partition coefficient (Wildman–Crippen LogP) is 2.50. The van der Waals surface area contributed by atoms with E-state index >= 15 is 0 Å². The lowest BCUT2D eigenvalue weighted by molar-refractivity contribution is -0.133. The summed E-state index contributed by atoms with van der Waals surface area (Å²) in [6.45, 7) is 5.76. The molecule has 0 bridgehead atoms. The van der Waals surface area contributed by atoms with Crippen molar-refractivity contribution in [3.63, 3.8) is 0 Å². The van der Waals surface area contributed by atoms with Crippen molar-refractivity contribution in [2.24, 2.45) is 11.8 Å². The maximum Gasteiger partial charge on any atom is 0.228 e. The van der Waals surface area contributed by atoms with Crippen LogP contribution in [-0.2, 0) is 9.59 Å². The van der Waals surface area contributed by atoms with Gasteiger partial charge in [-0.2, -0.15) is 0 Å². The maximum absolute atomic E-state index is 12.3. The largest absolute Gasteiger partial charge is 0.342 e. The summed E-state index contributed by atoms with van der Waals surface area (Å²) in [6, 6.07) is 5.89. The van der Waals surface area contributed by atoms with Crippen LogP contribution in [0.2, 0.25) is 0 Å². The van der Waals surface area contributed by atoms with Gasteiger partial charge >= 0.3 is 0 Å². The van der Waals surface area contributed by atoms with Crippen LogP contribution >= 0.6 is 0 Å². The van der Waals surface area contributed by atoms with Gasteiger partial charge in [-0.1, -0.05) is 12.1 Å². The van der Waals surface area contributed by atoms with Gasteiger partial charge in [0.1, 0.15) is 0 Å². The summed E-state index contributed by atoms with van der Waals surface area (Å²) in [5, 5.41) is 2.98. The number of carbonyl (C=O) groups excluding carboxylic acids is 2. The Morgan fingerprint density at radius 2 is 1.86 bits per heavy atom. The molecule has 0 spiro atoms. The number of likely N-dealkylation sites (tertiary alicyclic amines) is 1. The highest BCUT2D eigenvalue weighted by atomic mass is 16.2. The van der Waals surface area contributed by atoms with Gasteiger partial charge in [-0.25, -0.2) is 0 Å². The molecule has 1 saturated carbocycles. The molecule has 2 atom stereocenters. The summed E-state index contributed by atoms with van der Waals surface area (Å²) in [7, 11) is 0. The number of nitrogens with one attached hydrogen (secondary N) is 1. The average Bonchev–Trinajstić information content (AvgIpc) is 3.08. The number of nitrogens with zero attached hydrogens (tertiary/aromatic N) is 1. The smallest absolute Gasteiger partial charge is 0.228 e. The van der Waals surface area contributed by atoms with Crippen LogP contribution in [0.1, 0.15) is 30.4 Å². The van der Waals surface area contributed by atoms with E-state index in [9.17, 15) is 9.59 Å². The van der Waals surface area contributed by atoms with Crippen molar-refractivity contribution in [1.82, 2.24) is 4.90 Å². The molecule has 0 aromatic heterocycles. The van der Waals surface area contributed by atoms with Gasteiger partial charge in [0, 0.05) is 18.8 Å². The Bertz CT molecular complexity index is 576. The second kappa shape index (κ2) is 5.51. The van der Waals surface area contributed by atoms with E-state index in [4.69, 9.17) is 0 Å². The summed E-state index contributed by atoms with van der Waals surface area (Å²) in [6.07, 6.45) is 2.89. The van der Waals surface area contributed by atoms with Crippen molar-refractivity contribution in [2.75, 3.05) is 18.4 Å². The third kappa shape index (κ3) is 2.80. The SMILES string of the molecule is Cc1cccc(NC(=O)C2CC2C(=O)N2CCCC2)c1C. The topological polar surface area (TPSA) is 49.4 Å². The minimum Gasteiger partial charge on any atom is -0.342 e. The summed E-state index contributed by atoms with van der Waals surface area (Å²) in [5.74, 6) is -0.0684. The van der Waals surface area contributed by atoms with E-state index in [0.29, 0.717) is 6.42 Å². The molecular formula is C17H22N2O2. The summed E-state index contributed by atoms with van der Waals surface area (Å²) in [5.41, 5.74) is 3.11. The van der Waals surface area contributed by atoms with Gasteiger partial charge < -0.3 is 10.2 Å². The molecule has 1 aliphatic heterocycles. The van der Waals surface area contributed by atoms with Gasteiger partial charge in [0.25, 0.3) is 0 Å². The molecule has 0 radical (unpaired) electrons. The minimum atomic E-state index is -0.141. The lowest BCUT2D eigenvalue weighted by Gasteiger charge is -2.15. The zero-order valence-electron chi connectivity index (χ0n) is 12.7. The van der Waals surface area contributed by atoms with Crippen LogP contribution in [-0.4, -0.2) is 29.8 Å². The molecule has 21 heavy (non-hydrogen) atoms. The molecule has 1 aromatic rings. The first kappa shape index (κ1) is 14.1. The number of amides is 2. The van der Waals surface area contributed by atoms with E-state index in [1.54, 1.807) is 0 Å². The van der Waals surface area contributed by atoms with Crippen LogP contribution in [0, 0.1) is 25.7 Å². The molecule has 2 fully saturated rings. The third-order valence-corrected chi connectivity index (χ3v) is 4.72. The number of hydrogen-bond donors (Lipinski definition) is 1. The minimum absolute atomic E-state index is 0.0127. The fraction of sp³-hybridized carbons (Fsp3) is 0.529. The first-order chi connectivity index (χ1) is 10.1. The molecular weight excluding hydrogens is 264 g/mol. The van der Waals surface area contributed by atoms with Crippen molar-refractivity contribution in [3.8, 4) is 0 Å². The number of carbonyl (C=O) groups is 2. The van der Waals surface area contributed by atoms with E-state index in [1.165, 1.54) is 0 Å². The van der Waals surface area contributed by atoms with Gasteiger partial charge in [0.05, 0.1) is 11.8 Å². The zero-order valence-corrected chi connectivity index (χ0v) is 12.7. The average molecular weight is 286 g/mol. The molecule has 112 valence electrons. The molecule has 2 unspecified atom stereocenters. The van der Waals surface area contributed by atoms with Gasteiger partial charge in [0.2, 0.25) is 11.8 Å². The second-order valence-corrected chi connectivity index (χ2v) is 6.22. The number of benzene rings is 1. The molecule has 3 rings (SSSR count). The van der Waals surface area contributed by atoms with Crippen molar-refractivity contribution in [2.45, 2.75) is 33.1 Å². The Kier molecular flexibility index (Phi) is 3.70. The Morgan fingerprint density at radius 1 is 1.14 bits per heavy atom.